The number of amides is 1. The van der Waals surface area contributed by atoms with E-state index in [1.54, 1.807) is 11.3 Å². The van der Waals surface area contributed by atoms with Crippen LogP contribution in [-0.4, -0.2) is 23.2 Å². The van der Waals surface area contributed by atoms with Crippen molar-refractivity contribution in [1.29, 1.82) is 5.26 Å². The van der Waals surface area contributed by atoms with Crippen LogP contribution in [0.3, 0.4) is 0 Å². The van der Waals surface area contributed by atoms with Crippen molar-refractivity contribution < 1.29 is 4.79 Å². The topological polar surface area (TPSA) is 65.8 Å². The van der Waals surface area contributed by atoms with Gasteiger partial charge < -0.3 is 5.32 Å². The Morgan fingerprint density at radius 2 is 2.17 bits per heavy atom. The number of rotatable bonds is 6. The molecule has 0 aliphatic rings. The summed E-state index contributed by atoms with van der Waals surface area (Å²) < 4.78 is 0. The normalized spacial score (nSPS) is 10.3. The number of pyridine rings is 1. The maximum atomic E-state index is 11.9. The van der Waals surface area contributed by atoms with Gasteiger partial charge in [0.25, 0.3) is 0 Å². The first kappa shape index (κ1) is 17.5. The zero-order valence-electron chi connectivity index (χ0n) is 13.5. The Bertz CT molecular complexity index is 733. The summed E-state index contributed by atoms with van der Waals surface area (Å²) in [7, 11) is 0. The summed E-state index contributed by atoms with van der Waals surface area (Å²) in [6.45, 7) is 6.44. The minimum Gasteiger partial charge on any atom is -0.355 e. The number of aromatic nitrogens is 1. The molecule has 0 atom stereocenters. The molecule has 4 nitrogen and oxygen atoms in total. The fourth-order valence-corrected chi connectivity index (χ4v) is 3.74. The molecule has 0 spiro atoms. The second-order valence-corrected chi connectivity index (χ2v) is 7.20. The highest BCUT2D eigenvalue weighted by Gasteiger charge is 2.14. The van der Waals surface area contributed by atoms with Gasteiger partial charge in [0, 0.05) is 17.1 Å². The van der Waals surface area contributed by atoms with Crippen LogP contribution in [0.4, 0.5) is 0 Å². The summed E-state index contributed by atoms with van der Waals surface area (Å²) in [5, 5.41) is 14.9. The Labute approximate surface area is 144 Å². The van der Waals surface area contributed by atoms with Crippen LogP contribution in [0.15, 0.2) is 22.5 Å². The average Bonchev–Trinajstić information content (AvgIpc) is 3.04. The molecule has 1 amide bonds. The van der Waals surface area contributed by atoms with E-state index in [1.165, 1.54) is 16.6 Å². The quantitative estimate of drug-likeness (QED) is 0.815. The molecule has 0 unspecified atom stereocenters. The number of carbonyl (C=O) groups excluding carboxylic acids is 1. The molecular weight excluding hydrogens is 326 g/mol. The number of thiophene rings is 1. The number of carbonyl (C=O) groups is 1. The van der Waals surface area contributed by atoms with Crippen LogP contribution in [0.5, 0.6) is 0 Å². The van der Waals surface area contributed by atoms with E-state index in [0.717, 1.165) is 23.2 Å². The van der Waals surface area contributed by atoms with Crippen molar-refractivity contribution in [2.24, 2.45) is 0 Å². The van der Waals surface area contributed by atoms with Crippen molar-refractivity contribution in [3.05, 3.63) is 44.8 Å². The van der Waals surface area contributed by atoms with Gasteiger partial charge in [-0.15, -0.1) is 11.3 Å². The third kappa shape index (κ3) is 4.57. The Balaban J connectivity index is 1.90. The molecule has 2 heterocycles. The monoisotopic (exact) mass is 345 g/mol. The number of hydrogen-bond donors (Lipinski definition) is 1. The van der Waals surface area contributed by atoms with Crippen LogP contribution in [0.25, 0.3) is 0 Å². The lowest BCUT2D eigenvalue weighted by Gasteiger charge is -2.11. The molecule has 120 valence electrons. The van der Waals surface area contributed by atoms with Gasteiger partial charge in [-0.25, -0.2) is 4.98 Å². The third-order valence-corrected chi connectivity index (χ3v) is 5.60. The lowest BCUT2D eigenvalue weighted by molar-refractivity contribution is -0.118. The summed E-state index contributed by atoms with van der Waals surface area (Å²) in [6, 6.07) is 6.27. The Morgan fingerprint density at radius 3 is 2.83 bits per heavy atom. The smallest absolute Gasteiger partial charge is 0.230 e. The predicted octanol–water partition coefficient (Wildman–Crippen LogP) is 3.39. The highest BCUT2D eigenvalue weighted by Crippen LogP contribution is 2.26. The van der Waals surface area contributed by atoms with Gasteiger partial charge in [-0.05, 0) is 49.8 Å². The summed E-state index contributed by atoms with van der Waals surface area (Å²) in [6.07, 6.45) is 0.846. The third-order valence-electron chi connectivity index (χ3n) is 3.69. The Morgan fingerprint density at radius 1 is 1.39 bits per heavy atom. The molecular formula is C17H19N3OS2. The zero-order chi connectivity index (χ0) is 16.8. The van der Waals surface area contributed by atoms with Gasteiger partial charge in [-0.2, -0.15) is 5.26 Å². The second kappa shape index (κ2) is 8.14. The first-order valence-electron chi connectivity index (χ1n) is 7.32. The van der Waals surface area contributed by atoms with Crippen LogP contribution >= 0.6 is 23.1 Å². The van der Waals surface area contributed by atoms with Gasteiger partial charge in [0.15, 0.2) is 0 Å². The van der Waals surface area contributed by atoms with E-state index in [4.69, 9.17) is 0 Å². The Hall–Kier alpha value is -1.84. The number of nitrogens with zero attached hydrogens (tertiary/aromatic N) is 2. The van der Waals surface area contributed by atoms with Crippen molar-refractivity contribution >= 4 is 29.0 Å². The van der Waals surface area contributed by atoms with Gasteiger partial charge in [0.1, 0.15) is 11.1 Å². The Kier molecular flexibility index (Phi) is 6.20. The first-order valence-corrected chi connectivity index (χ1v) is 9.19. The molecule has 0 bridgehead atoms. The number of aryl methyl sites for hydroxylation is 1. The van der Waals surface area contributed by atoms with E-state index >= 15 is 0 Å². The van der Waals surface area contributed by atoms with E-state index in [2.05, 4.69) is 22.4 Å². The summed E-state index contributed by atoms with van der Waals surface area (Å²) >= 11 is 3.01. The fraction of sp³-hybridized carbons (Fsp3) is 0.353. The standard InChI is InChI=1S/C17H19N3OS2/c1-11-12(2)15(9-18)17(20-13(11)3)23-10-16(21)19-7-6-14-5-4-8-22-14/h4-5,8H,6-7,10H2,1-3H3,(H,19,21). The second-order valence-electron chi connectivity index (χ2n) is 5.21. The number of nitriles is 1. The van der Waals surface area contributed by atoms with E-state index in [1.807, 2.05) is 32.2 Å². The minimum atomic E-state index is -0.0341. The highest BCUT2D eigenvalue weighted by molar-refractivity contribution is 8.00. The van der Waals surface area contributed by atoms with Gasteiger partial charge in [-0.1, -0.05) is 17.8 Å². The molecule has 23 heavy (non-hydrogen) atoms. The van der Waals surface area contributed by atoms with E-state index in [9.17, 15) is 10.1 Å². The van der Waals surface area contributed by atoms with E-state index in [0.29, 0.717) is 17.1 Å². The van der Waals surface area contributed by atoms with Crippen molar-refractivity contribution in [3.8, 4) is 6.07 Å². The fourth-order valence-electron chi connectivity index (χ4n) is 2.11. The molecule has 0 aliphatic carbocycles. The summed E-state index contributed by atoms with van der Waals surface area (Å²) in [5.74, 6) is 0.238. The van der Waals surface area contributed by atoms with Crippen LogP contribution in [-0.2, 0) is 11.2 Å². The van der Waals surface area contributed by atoms with E-state index in [-0.39, 0.29) is 11.7 Å². The van der Waals surface area contributed by atoms with Crippen molar-refractivity contribution in [1.82, 2.24) is 10.3 Å². The summed E-state index contributed by atoms with van der Waals surface area (Å²) in [4.78, 5) is 17.7. The van der Waals surface area contributed by atoms with Crippen molar-refractivity contribution in [3.63, 3.8) is 0 Å². The molecule has 6 heteroatoms. The molecule has 0 fully saturated rings. The van der Waals surface area contributed by atoms with Gasteiger partial charge in [0.05, 0.1) is 11.3 Å². The SMILES string of the molecule is Cc1nc(SCC(=O)NCCc2cccs2)c(C#N)c(C)c1C. The largest absolute Gasteiger partial charge is 0.355 e. The van der Waals surface area contributed by atoms with Gasteiger partial charge >= 0.3 is 0 Å². The van der Waals surface area contributed by atoms with Crippen LogP contribution in [0.2, 0.25) is 0 Å². The minimum absolute atomic E-state index is 0.0341. The van der Waals surface area contributed by atoms with Crippen molar-refractivity contribution in [2.75, 3.05) is 12.3 Å². The number of hydrogen-bond acceptors (Lipinski definition) is 5. The number of thioether (sulfide) groups is 1. The average molecular weight is 345 g/mol. The molecule has 0 aromatic carbocycles. The molecule has 0 aliphatic heterocycles. The van der Waals surface area contributed by atoms with Gasteiger partial charge in [-0.3, -0.25) is 4.79 Å². The molecule has 0 saturated heterocycles. The first-order chi connectivity index (χ1) is 11.0. The number of nitrogens with one attached hydrogen (secondary N) is 1. The van der Waals surface area contributed by atoms with Crippen LogP contribution in [0.1, 0.15) is 27.3 Å². The molecule has 2 rings (SSSR count). The maximum Gasteiger partial charge on any atom is 0.230 e. The molecule has 2 aromatic heterocycles. The molecule has 2 aromatic rings. The van der Waals surface area contributed by atoms with Crippen molar-refractivity contribution in [2.45, 2.75) is 32.2 Å². The maximum absolute atomic E-state index is 11.9. The lowest BCUT2D eigenvalue weighted by Crippen LogP contribution is -2.27. The van der Waals surface area contributed by atoms with Crippen LogP contribution < -0.4 is 5.32 Å². The summed E-state index contributed by atoms with van der Waals surface area (Å²) in [5.41, 5.74) is 3.46. The predicted molar refractivity (Wildman–Crippen MR) is 94.9 cm³/mol. The lowest BCUT2D eigenvalue weighted by atomic mass is 10.1. The van der Waals surface area contributed by atoms with E-state index < -0.39 is 0 Å². The molecule has 0 radical (unpaired) electrons. The van der Waals surface area contributed by atoms with Crippen LogP contribution in [0, 0.1) is 32.1 Å². The highest BCUT2D eigenvalue weighted by atomic mass is 32.2. The van der Waals surface area contributed by atoms with Gasteiger partial charge in [0.2, 0.25) is 5.91 Å². The molecule has 1 N–H and O–H groups in total. The zero-order valence-corrected chi connectivity index (χ0v) is 15.1. The molecule has 0 saturated carbocycles.